The Kier molecular flexibility index (Phi) is 6.18. The van der Waals surface area contributed by atoms with Crippen LogP contribution in [0.5, 0.6) is 0 Å². The van der Waals surface area contributed by atoms with Gasteiger partial charge in [-0.25, -0.2) is 10.4 Å². The second-order valence-electron chi connectivity index (χ2n) is 7.01. The Balaban J connectivity index is 1.55. The van der Waals surface area contributed by atoms with E-state index in [0.717, 1.165) is 6.07 Å². The highest BCUT2D eigenvalue weighted by Crippen LogP contribution is 2.35. The Labute approximate surface area is 191 Å². The molecular weight excluding hydrogens is 445 g/mol. The van der Waals surface area contributed by atoms with Crippen molar-refractivity contribution in [2.45, 2.75) is 6.18 Å². The van der Waals surface area contributed by atoms with Crippen molar-refractivity contribution in [1.29, 1.82) is 5.26 Å². The molecule has 0 fully saturated rings. The van der Waals surface area contributed by atoms with Crippen molar-refractivity contribution in [2.24, 2.45) is 5.10 Å². The van der Waals surface area contributed by atoms with E-state index in [1.807, 2.05) is 6.07 Å². The van der Waals surface area contributed by atoms with Crippen molar-refractivity contribution in [3.8, 4) is 28.6 Å². The molecule has 10 heteroatoms. The van der Waals surface area contributed by atoms with E-state index < -0.39 is 17.3 Å². The summed E-state index contributed by atoms with van der Waals surface area (Å²) in [6.07, 6.45) is -1.80. The van der Waals surface area contributed by atoms with E-state index in [1.165, 1.54) is 30.6 Å². The van der Waals surface area contributed by atoms with Crippen LogP contribution >= 0.6 is 0 Å². The quantitative estimate of drug-likeness (QED) is 0.328. The minimum atomic E-state index is -4.52. The van der Waals surface area contributed by atoms with Crippen LogP contribution in [0.15, 0.2) is 82.8 Å². The molecule has 0 unspecified atom stereocenters. The zero-order chi connectivity index (χ0) is 24.1. The van der Waals surface area contributed by atoms with Gasteiger partial charge in [-0.1, -0.05) is 54.6 Å². The number of hydrazone groups is 1. The lowest BCUT2D eigenvalue weighted by molar-refractivity contribution is -0.137. The lowest BCUT2D eigenvalue weighted by atomic mass is 10.0. The summed E-state index contributed by atoms with van der Waals surface area (Å²) < 4.78 is 39.7. The number of benzene rings is 2. The third-order valence-electron chi connectivity index (χ3n) is 4.76. The monoisotopic (exact) mass is 460 g/mol. The molecule has 0 amide bonds. The minimum Gasteiger partial charge on any atom is -0.290 e. The SMILES string of the molecule is N#Cc1c(-c2ccccc2)nc(NN=Cc2ccc(-c3ncccc3C(F)(F)F)cc2)[nH]c1=O. The molecule has 2 N–H and O–H groups in total. The van der Waals surface area contributed by atoms with Crippen molar-refractivity contribution in [3.05, 3.63) is 100.0 Å². The first-order valence-corrected chi connectivity index (χ1v) is 9.88. The van der Waals surface area contributed by atoms with Gasteiger partial charge in [0.25, 0.3) is 5.56 Å². The zero-order valence-electron chi connectivity index (χ0n) is 17.3. The number of nitrogens with zero attached hydrogens (tertiary/aromatic N) is 4. The van der Waals surface area contributed by atoms with E-state index in [1.54, 1.807) is 42.5 Å². The maximum Gasteiger partial charge on any atom is 0.418 e. The Hall–Kier alpha value is -4.78. The molecule has 0 spiro atoms. The van der Waals surface area contributed by atoms with E-state index in [2.05, 4.69) is 25.5 Å². The number of halogens is 3. The second-order valence-corrected chi connectivity index (χ2v) is 7.01. The number of aromatic nitrogens is 3. The summed E-state index contributed by atoms with van der Waals surface area (Å²) >= 11 is 0. The van der Waals surface area contributed by atoms with Crippen molar-refractivity contribution in [1.82, 2.24) is 15.0 Å². The Morgan fingerprint density at radius 3 is 2.35 bits per heavy atom. The van der Waals surface area contributed by atoms with E-state index in [0.29, 0.717) is 16.7 Å². The number of anilines is 1. The summed E-state index contributed by atoms with van der Waals surface area (Å²) in [5.74, 6) is 0.0269. The molecule has 2 heterocycles. The standard InChI is InChI=1S/C24H15F3N6O/c25-24(26,27)19-7-4-12-29-21(19)17-10-8-15(9-11-17)14-30-33-23-31-20(16-5-2-1-3-6-16)18(13-28)22(34)32-23/h1-12,14H,(H2,31,32,33,34). The summed E-state index contributed by atoms with van der Waals surface area (Å²) in [5, 5.41) is 13.3. The molecule has 0 bridgehead atoms. The number of aromatic amines is 1. The second kappa shape index (κ2) is 9.38. The molecule has 2 aromatic heterocycles. The first-order valence-electron chi connectivity index (χ1n) is 9.88. The number of pyridine rings is 1. The van der Waals surface area contributed by atoms with Gasteiger partial charge in [0.1, 0.15) is 11.6 Å². The number of hydrogen-bond donors (Lipinski definition) is 2. The van der Waals surface area contributed by atoms with E-state index in [-0.39, 0.29) is 22.9 Å². The van der Waals surface area contributed by atoms with E-state index >= 15 is 0 Å². The average Bonchev–Trinajstić information content (AvgIpc) is 2.84. The maximum atomic E-state index is 13.2. The van der Waals surface area contributed by atoms with Gasteiger partial charge in [0.15, 0.2) is 0 Å². The number of rotatable bonds is 5. The van der Waals surface area contributed by atoms with Gasteiger partial charge in [-0.15, -0.1) is 0 Å². The van der Waals surface area contributed by atoms with Crippen LogP contribution in [0.25, 0.3) is 22.5 Å². The molecule has 7 nitrogen and oxygen atoms in total. The van der Waals surface area contributed by atoms with Gasteiger partial charge in [0.2, 0.25) is 5.95 Å². The molecule has 2 aromatic carbocycles. The number of nitrogens with one attached hydrogen (secondary N) is 2. The fourth-order valence-electron chi connectivity index (χ4n) is 3.19. The number of alkyl halides is 3. The van der Waals surface area contributed by atoms with Crippen molar-refractivity contribution in [3.63, 3.8) is 0 Å². The van der Waals surface area contributed by atoms with E-state index in [9.17, 15) is 23.2 Å². The number of nitriles is 1. The molecule has 4 aromatic rings. The van der Waals surface area contributed by atoms with Gasteiger partial charge in [0, 0.05) is 17.3 Å². The topological polar surface area (TPSA) is 107 Å². The lowest BCUT2D eigenvalue weighted by Crippen LogP contribution is -2.16. The third-order valence-corrected chi connectivity index (χ3v) is 4.76. The average molecular weight is 460 g/mol. The summed E-state index contributed by atoms with van der Waals surface area (Å²) in [4.78, 5) is 22.9. The molecule has 0 atom stereocenters. The van der Waals surface area contributed by atoms with E-state index in [4.69, 9.17) is 0 Å². The van der Waals surface area contributed by atoms with Crippen molar-refractivity contribution >= 4 is 12.2 Å². The van der Waals surface area contributed by atoms with Crippen molar-refractivity contribution in [2.75, 3.05) is 5.43 Å². The predicted molar refractivity (Wildman–Crippen MR) is 121 cm³/mol. The number of H-pyrrole nitrogens is 1. The van der Waals surface area contributed by atoms with Crippen LogP contribution in [-0.4, -0.2) is 21.2 Å². The molecule has 0 radical (unpaired) electrons. The third kappa shape index (κ3) is 4.83. The van der Waals surface area contributed by atoms with Crippen LogP contribution in [0.1, 0.15) is 16.7 Å². The summed E-state index contributed by atoms with van der Waals surface area (Å²) in [6.45, 7) is 0. The fraction of sp³-hybridized carbons (Fsp3) is 0.0417. The Morgan fingerprint density at radius 1 is 0.971 bits per heavy atom. The highest BCUT2D eigenvalue weighted by atomic mass is 19.4. The molecule has 0 saturated heterocycles. The van der Waals surface area contributed by atoms with Gasteiger partial charge >= 0.3 is 6.18 Å². The molecule has 0 aliphatic heterocycles. The molecule has 34 heavy (non-hydrogen) atoms. The van der Waals surface area contributed by atoms with Gasteiger partial charge in [-0.3, -0.25) is 14.8 Å². The molecule has 4 rings (SSSR count). The highest BCUT2D eigenvalue weighted by molar-refractivity contribution is 5.81. The van der Waals surface area contributed by atoms with Gasteiger partial charge in [-0.05, 0) is 17.7 Å². The highest BCUT2D eigenvalue weighted by Gasteiger charge is 2.34. The Morgan fingerprint density at radius 2 is 1.68 bits per heavy atom. The minimum absolute atomic E-state index is 0.0269. The van der Waals surface area contributed by atoms with Crippen LogP contribution in [0.4, 0.5) is 19.1 Å². The molecule has 168 valence electrons. The normalized spacial score (nSPS) is 11.4. The first kappa shape index (κ1) is 22.4. The predicted octanol–water partition coefficient (Wildman–Crippen LogP) is 4.84. The van der Waals surface area contributed by atoms with Crippen LogP contribution < -0.4 is 11.0 Å². The Bertz CT molecular complexity index is 1440. The van der Waals surface area contributed by atoms with Crippen LogP contribution in [-0.2, 0) is 6.18 Å². The van der Waals surface area contributed by atoms with Crippen LogP contribution in [0, 0.1) is 11.3 Å². The summed E-state index contributed by atoms with van der Waals surface area (Å²) in [6, 6.07) is 19.0. The smallest absolute Gasteiger partial charge is 0.290 e. The molecular formula is C24H15F3N6O. The molecule has 0 aliphatic rings. The largest absolute Gasteiger partial charge is 0.418 e. The lowest BCUT2D eigenvalue weighted by Gasteiger charge is -2.11. The number of hydrogen-bond acceptors (Lipinski definition) is 6. The van der Waals surface area contributed by atoms with Gasteiger partial charge in [-0.2, -0.15) is 23.5 Å². The van der Waals surface area contributed by atoms with Gasteiger partial charge in [0.05, 0.1) is 23.2 Å². The molecule has 0 saturated carbocycles. The van der Waals surface area contributed by atoms with Crippen LogP contribution in [0.2, 0.25) is 0 Å². The molecule has 0 aliphatic carbocycles. The fourth-order valence-corrected chi connectivity index (χ4v) is 3.19. The van der Waals surface area contributed by atoms with Crippen LogP contribution in [0.3, 0.4) is 0 Å². The van der Waals surface area contributed by atoms with Crippen molar-refractivity contribution < 1.29 is 13.2 Å². The van der Waals surface area contributed by atoms with Gasteiger partial charge < -0.3 is 0 Å². The first-order chi connectivity index (χ1) is 16.4. The summed E-state index contributed by atoms with van der Waals surface area (Å²) in [5.41, 5.74) is 2.59. The summed E-state index contributed by atoms with van der Waals surface area (Å²) in [7, 11) is 0. The maximum absolute atomic E-state index is 13.2. The zero-order valence-corrected chi connectivity index (χ0v) is 17.3.